The monoisotopic (exact) mass is 491 g/mol. The molecule has 1 aromatic heterocycles. The average Bonchev–Trinajstić information content (AvgIpc) is 3.33. The highest BCUT2D eigenvalue weighted by Crippen LogP contribution is 2.34. The Morgan fingerprint density at radius 1 is 1.08 bits per heavy atom. The van der Waals surface area contributed by atoms with Gasteiger partial charge in [0.15, 0.2) is 24.8 Å². The van der Waals surface area contributed by atoms with Crippen LogP contribution in [-0.2, 0) is 11.3 Å². The molecule has 0 saturated carbocycles. The molecule has 1 aliphatic rings. The summed E-state index contributed by atoms with van der Waals surface area (Å²) in [6, 6.07) is 15.6. The molecule has 4 rings (SSSR count). The standard InChI is InChI=1S/C27H29N3O6/c1-18-4-7-20(8-5-18)34-16-23(31)19-6-10-24-22(14-19)30(26(32)17-35-24)15-21-9-11-25(36-21)27(33)28-12-13-29(2)3/h4-11,14H,12-13,15-17H2,1-3H3,(H,28,33). The van der Waals surface area contributed by atoms with E-state index in [1.807, 2.05) is 50.2 Å². The quantitative estimate of drug-likeness (QED) is 0.435. The number of furan rings is 1. The molecule has 36 heavy (non-hydrogen) atoms. The van der Waals surface area contributed by atoms with Gasteiger partial charge in [-0.2, -0.15) is 0 Å². The molecule has 0 atom stereocenters. The molecule has 0 fully saturated rings. The van der Waals surface area contributed by atoms with Crippen molar-refractivity contribution in [2.75, 3.05) is 45.3 Å². The SMILES string of the molecule is Cc1ccc(OCC(=O)c2ccc3c(c2)N(Cc2ccc(C(=O)NCCN(C)C)o2)C(=O)CO3)cc1. The number of amides is 2. The fourth-order valence-electron chi connectivity index (χ4n) is 3.64. The number of hydrogen-bond donors (Lipinski definition) is 1. The van der Waals surface area contributed by atoms with E-state index in [9.17, 15) is 14.4 Å². The first-order chi connectivity index (χ1) is 17.3. The molecule has 188 valence electrons. The molecule has 2 aromatic carbocycles. The summed E-state index contributed by atoms with van der Waals surface area (Å²) < 4.78 is 16.9. The average molecular weight is 492 g/mol. The fraction of sp³-hybridized carbons (Fsp3) is 0.296. The molecular weight excluding hydrogens is 462 g/mol. The second-order valence-corrected chi connectivity index (χ2v) is 8.80. The van der Waals surface area contributed by atoms with Crippen LogP contribution in [0.5, 0.6) is 11.5 Å². The molecule has 0 aliphatic carbocycles. The van der Waals surface area contributed by atoms with Gasteiger partial charge in [0.05, 0.1) is 12.2 Å². The van der Waals surface area contributed by atoms with E-state index in [4.69, 9.17) is 13.9 Å². The molecule has 0 saturated heterocycles. The number of Topliss-reactive ketones (excluding diaryl/α,β-unsaturated/α-hetero) is 1. The summed E-state index contributed by atoms with van der Waals surface area (Å²) in [5.74, 6) is 0.862. The summed E-state index contributed by atoms with van der Waals surface area (Å²) in [5.41, 5.74) is 1.95. The molecule has 0 bridgehead atoms. The van der Waals surface area contributed by atoms with Crippen molar-refractivity contribution in [2.24, 2.45) is 0 Å². The van der Waals surface area contributed by atoms with Gasteiger partial charge in [-0.1, -0.05) is 17.7 Å². The summed E-state index contributed by atoms with van der Waals surface area (Å²) >= 11 is 0. The maximum Gasteiger partial charge on any atom is 0.287 e. The largest absolute Gasteiger partial charge is 0.485 e. The number of rotatable bonds is 10. The molecule has 0 radical (unpaired) electrons. The third-order valence-corrected chi connectivity index (χ3v) is 5.66. The van der Waals surface area contributed by atoms with Gasteiger partial charge in [-0.15, -0.1) is 0 Å². The van der Waals surface area contributed by atoms with Gasteiger partial charge in [0, 0.05) is 18.7 Å². The lowest BCUT2D eigenvalue weighted by atomic mass is 10.1. The number of ether oxygens (including phenoxy) is 2. The summed E-state index contributed by atoms with van der Waals surface area (Å²) in [7, 11) is 3.84. The highest BCUT2D eigenvalue weighted by atomic mass is 16.5. The van der Waals surface area contributed by atoms with Gasteiger partial charge in [0.2, 0.25) is 0 Å². The van der Waals surface area contributed by atoms with Gasteiger partial charge < -0.3 is 24.1 Å². The van der Waals surface area contributed by atoms with E-state index in [1.165, 1.54) is 4.90 Å². The molecule has 9 heteroatoms. The van der Waals surface area contributed by atoms with Gasteiger partial charge in [-0.25, -0.2) is 0 Å². The molecule has 2 heterocycles. The molecule has 9 nitrogen and oxygen atoms in total. The number of fused-ring (bicyclic) bond motifs is 1. The number of aryl methyl sites for hydroxylation is 1. The number of nitrogens with zero attached hydrogens (tertiary/aromatic N) is 2. The molecule has 0 unspecified atom stereocenters. The van der Waals surface area contributed by atoms with Crippen molar-refractivity contribution in [3.63, 3.8) is 0 Å². The van der Waals surface area contributed by atoms with E-state index >= 15 is 0 Å². The Kier molecular flexibility index (Phi) is 7.70. The lowest BCUT2D eigenvalue weighted by Crippen LogP contribution is -2.38. The van der Waals surface area contributed by atoms with Gasteiger partial charge >= 0.3 is 0 Å². The molecule has 1 N–H and O–H groups in total. The van der Waals surface area contributed by atoms with Gasteiger partial charge in [0.25, 0.3) is 11.8 Å². The predicted octanol–water partition coefficient (Wildman–Crippen LogP) is 3.07. The smallest absolute Gasteiger partial charge is 0.287 e. The molecule has 2 amide bonds. The topological polar surface area (TPSA) is 101 Å². The number of carbonyl (C=O) groups is 3. The van der Waals surface area contributed by atoms with Crippen molar-refractivity contribution in [2.45, 2.75) is 13.5 Å². The minimum absolute atomic E-state index is 0.0949. The number of hydrogen-bond acceptors (Lipinski definition) is 7. The Morgan fingerprint density at radius 2 is 1.86 bits per heavy atom. The van der Waals surface area contributed by atoms with Crippen LogP contribution < -0.4 is 19.7 Å². The van der Waals surface area contributed by atoms with Crippen molar-refractivity contribution < 1.29 is 28.3 Å². The van der Waals surface area contributed by atoms with Crippen LogP contribution >= 0.6 is 0 Å². The summed E-state index contributed by atoms with van der Waals surface area (Å²) in [5, 5.41) is 2.79. The van der Waals surface area contributed by atoms with Crippen molar-refractivity contribution >= 4 is 23.3 Å². The van der Waals surface area contributed by atoms with E-state index in [2.05, 4.69) is 5.32 Å². The first-order valence-electron chi connectivity index (χ1n) is 11.6. The zero-order valence-electron chi connectivity index (χ0n) is 20.6. The third kappa shape index (κ3) is 6.11. The number of nitrogens with one attached hydrogen (secondary N) is 1. The third-order valence-electron chi connectivity index (χ3n) is 5.66. The Bertz CT molecular complexity index is 1250. The van der Waals surface area contributed by atoms with Gasteiger partial charge in [0.1, 0.15) is 17.3 Å². The second-order valence-electron chi connectivity index (χ2n) is 8.80. The number of anilines is 1. The van der Waals surface area contributed by atoms with E-state index in [-0.39, 0.29) is 43.1 Å². The summed E-state index contributed by atoms with van der Waals surface area (Å²) in [6.45, 7) is 2.99. The minimum Gasteiger partial charge on any atom is -0.485 e. The minimum atomic E-state index is -0.321. The number of benzene rings is 2. The van der Waals surface area contributed by atoms with Crippen LogP contribution in [0.25, 0.3) is 0 Å². The molecule has 3 aromatic rings. The van der Waals surface area contributed by atoms with Gasteiger partial charge in [-0.3, -0.25) is 19.3 Å². The highest BCUT2D eigenvalue weighted by molar-refractivity contribution is 6.02. The highest BCUT2D eigenvalue weighted by Gasteiger charge is 2.28. The Balaban J connectivity index is 1.45. The van der Waals surface area contributed by atoms with E-state index in [0.29, 0.717) is 41.6 Å². The zero-order valence-corrected chi connectivity index (χ0v) is 20.6. The second kappa shape index (κ2) is 11.1. The van der Waals surface area contributed by atoms with Crippen LogP contribution in [0.15, 0.2) is 59.0 Å². The molecule has 0 spiro atoms. The normalized spacial score (nSPS) is 12.8. The summed E-state index contributed by atoms with van der Waals surface area (Å²) in [4.78, 5) is 41.3. The Morgan fingerprint density at radius 3 is 2.61 bits per heavy atom. The maximum absolute atomic E-state index is 12.8. The van der Waals surface area contributed by atoms with E-state index in [0.717, 1.165) is 5.56 Å². The van der Waals surface area contributed by atoms with Crippen molar-refractivity contribution in [1.29, 1.82) is 0 Å². The van der Waals surface area contributed by atoms with Crippen molar-refractivity contribution in [3.8, 4) is 11.5 Å². The number of likely N-dealkylation sites (N-methyl/N-ethyl adjacent to an activating group) is 1. The number of ketones is 1. The van der Waals surface area contributed by atoms with E-state index < -0.39 is 0 Å². The van der Waals surface area contributed by atoms with Crippen LogP contribution in [-0.4, -0.2) is 62.9 Å². The predicted molar refractivity (Wildman–Crippen MR) is 134 cm³/mol. The fourth-order valence-corrected chi connectivity index (χ4v) is 3.64. The molecule has 1 aliphatic heterocycles. The van der Waals surface area contributed by atoms with Crippen LogP contribution in [0.4, 0.5) is 5.69 Å². The van der Waals surface area contributed by atoms with Gasteiger partial charge in [-0.05, 0) is 63.5 Å². The summed E-state index contributed by atoms with van der Waals surface area (Å²) in [6.07, 6.45) is 0. The van der Waals surface area contributed by atoms with Crippen molar-refractivity contribution in [3.05, 3.63) is 77.2 Å². The van der Waals surface area contributed by atoms with Crippen LogP contribution in [0.1, 0.15) is 32.2 Å². The maximum atomic E-state index is 12.8. The first kappa shape index (κ1) is 25.0. The van der Waals surface area contributed by atoms with Crippen LogP contribution in [0, 0.1) is 6.92 Å². The zero-order chi connectivity index (χ0) is 25.7. The Hall–Kier alpha value is -4.11. The molecular formula is C27H29N3O6. The first-order valence-corrected chi connectivity index (χ1v) is 11.6. The van der Waals surface area contributed by atoms with Crippen LogP contribution in [0.3, 0.4) is 0 Å². The Labute approximate surface area is 209 Å². The van der Waals surface area contributed by atoms with Crippen LogP contribution in [0.2, 0.25) is 0 Å². The number of carbonyl (C=O) groups excluding carboxylic acids is 3. The lowest BCUT2D eigenvalue weighted by molar-refractivity contribution is -0.121. The van der Waals surface area contributed by atoms with E-state index in [1.54, 1.807) is 30.3 Å². The lowest BCUT2D eigenvalue weighted by Gasteiger charge is -2.29. The van der Waals surface area contributed by atoms with Crippen molar-refractivity contribution in [1.82, 2.24) is 10.2 Å².